The molecule has 6 atom stereocenters. The second-order valence-corrected chi connectivity index (χ2v) is 4.50. The van der Waals surface area contributed by atoms with E-state index in [1.54, 1.807) is 0 Å². The zero-order valence-electron chi connectivity index (χ0n) is 7.87. The van der Waals surface area contributed by atoms with E-state index in [1.807, 2.05) is 0 Å². The van der Waals surface area contributed by atoms with Gasteiger partial charge in [-0.2, -0.15) is 0 Å². The van der Waals surface area contributed by atoms with Crippen LogP contribution < -0.4 is 0 Å². The zero-order valence-corrected chi connectivity index (χ0v) is 7.87. The Labute approximate surface area is 69.1 Å². The summed E-state index contributed by atoms with van der Waals surface area (Å²) in [7, 11) is 0. The molecule has 1 aliphatic carbocycles. The third-order valence-electron chi connectivity index (χ3n) is 4.09. The Kier molecular flexibility index (Phi) is 1.54. The minimum Gasteiger partial charge on any atom is -0.369 e. The van der Waals surface area contributed by atoms with Crippen molar-refractivity contribution >= 4 is 0 Å². The van der Waals surface area contributed by atoms with Crippen molar-refractivity contribution in [2.45, 2.75) is 39.9 Å². The van der Waals surface area contributed by atoms with Gasteiger partial charge in [-0.15, -0.1) is 0 Å². The highest BCUT2D eigenvalue weighted by molar-refractivity contribution is 5.01. The predicted molar refractivity (Wildman–Crippen MR) is 45.3 cm³/mol. The lowest BCUT2D eigenvalue weighted by Crippen LogP contribution is -2.34. The van der Waals surface area contributed by atoms with Gasteiger partial charge in [0.2, 0.25) is 0 Å². The van der Waals surface area contributed by atoms with Crippen LogP contribution in [0.15, 0.2) is 0 Å². The number of fused-ring (bicyclic) bond motifs is 1. The number of ether oxygens (including phenoxy) is 1. The fraction of sp³-hybridized carbons (Fsp3) is 1.00. The van der Waals surface area contributed by atoms with Crippen LogP contribution >= 0.6 is 0 Å². The SMILES string of the molecule is CC1C(C)C(C)[C@H]2O[C@@H]2C1C. The number of hydrogen-bond donors (Lipinski definition) is 0. The molecule has 0 bridgehead atoms. The Hall–Kier alpha value is -0.0400. The topological polar surface area (TPSA) is 12.5 Å². The molecule has 1 nitrogen and oxygen atoms in total. The van der Waals surface area contributed by atoms with E-state index >= 15 is 0 Å². The molecule has 0 aromatic heterocycles. The first-order valence-electron chi connectivity index (χ1n) is 4.78. The van der Waals surface area contributed by atoms with Gasteiger partial charge in [0.25, 0.3) is 0 Å². The minimum atomic E-state index is 0.608. The summed E-state index contributed by atoms with van der Waals surface area (Å²) in [6.45, 7) is 9.39. The van der Waals surface area contributed by atoms with Crippen LogP contribution in [-0.4, -0.2) is 12.2 Å². The molecule has 64 valence electrons. The van der Waals surface area contributed by atoms with Gasteiger partial charge in [0, 0.05) is 0 Å². The molecule has 0 aromatic carbocycles. The Balaban J connectivity index is 2.13. The van der Waals surface area contributed by atoms with Crippen molar-refractivity contribution in [3.05, 3.63) is 0 Å². The second kappa shape index (κ2) is 2.22. The summed E-state index contributed by atoms with van der Waals surface area (Å²) in [5.41, 5.74) is 0. The van der Waals surface area contributed by atoms with Gasteiger partial charge >= 0.3 is 0 Å². The quantitative estimate of drug-likeness (QED) is 0.488. The fourth-order valence-electron chi connectivity index (χ4n) is 2.54. The molecular formula is C10H18O. The third kappa shape index (κ3) is 0.936. The van der Waals surface area contributed by atoms with Crippen molar-refractivity contribution in [3.63, 3.8) is 0 Å². The van der Waals surface area contributed by atoms with E-state index in [0.29, 0.717) is 12.2 Å². The normalized spacial score (nSPS) is 62.2. The van der Waals surface area contributed by atoms with Gasteiger partial charge in [-0.05, 0) is 23.7 Å². The molecule has 0 amide bonds. The summed E-state index contributed by atoms with van der Waals surface area (Å²) in [4.78, 5) is 0. The maximum Gasteiger partial charge on any atom is 0.0872 e. The Morgan fingerprint density at radius 1 is 0.636 bits per heavy atom. The molecule has 1 heteroatoms. The lowest BCUT2D eigenvalue weighted by molar-refractivity contribution is 0.170. The first-order valence-corrected chi connectivity index (χ1v) is 4.78. The van der Waals surface area contributed by atoms with Crippen LogP contribution in [0.2, 0.25) is 0 Å². The summed E-state index contributed by atoms with van der Waals surface area (Å²) >= 11 is 0. The minimum absolute atomic E-state index is 0.608. The van der Waals surface area contributed by atoms with Crippen molar-refractivity contribution in [1.29, 1.82) is 0 Å². The van der Waals surface area contributed by atoms with Crippen molar-refractivity contribution in [2.24, 2.45) is 23.7 Å². The van der Waals surface area contributed by atoms with Gasteiger partial charge in [-0.1, -0.05) is 27.7 Å². The first kappa shape index (κ1) is 7.60. The third-order valence-corrected chi connectivity index (χ3v) is 4.09. The molecule has 2 fully saturated rings. The zero-order chi connectivity index (χ0) is 8.17. The Morgan fingerprint density at radius 3 is 1.36 bits per heavy atom. The molecule has 1 saturated carbocycles. The van der Waals surface area contributed by atoms with Gasteiger partial charge in [-0.25, -0.2) is 0 Å². The van der Waals surface area contributed by atoms with Crippen molar-refractivity contribution < 1.29 is 4.74 Å². The maximum atomic E-state index is 5.64. The molecule has 1 saturated heterocycles. The largest absolute Gasteiger partial charge is 0.369 e. The van der Waals surface area contributed by atoms with Crippen LogP contribution in [0.3, 0.4) is 0 Å². The van der Waals surface area contributed by atoms with E-state index < -0.39 is 0 Å². The number of epoxide rings is 1. The lowest BCUT2D eigenvalue weighted by atomic mass is 9.69. The number of hydrogen-bond acceptors (Lipinski definition) is 1. The molecule has 11 heavy (non-hydrogen) atoms. The molecule has 1 heterocycles. The van der Waals surface area contributed by atoms with Gasteiger partial charge in [0.1, 0.15) is 0 Å². The second-order valence-electron chi connectivity index (χ2n) is 4.50. The van der Waals surface area contributed by atoms with Crippen LogP contribution in [0.5, 0.6) is 0 Å². The summed E-state index contributed by atoms with van der Waals surface area (Å²) in [5.74, 6) is 3.25. The summed E-state index contributed by atoms with van der Waals surface area (Å²) in [6.07, 6.45) is 1.22. The van der Waals surface area contributed by atoms with Crippen molar-refractivity contribution in [1.82, 2.24) is 0 Å². The van der Waals surface area contributed by atoms with E-state index in [-0.39, 0.29) is 0 Å². The van der Waals surface area contributed by atoms with Gasteiger partial charge < -0.3 is 4.74 Å². The van der Waals surface area contributed by atoms with Crippen LogP contribution in [0.4, 0.5) is 0 Å². The highest BCUT2D eigenvalue weighted by atomic mass is 16.6. The van der Waals surface area contributed by atoms with E-state index in [1.165, 1.54) is 0 Å². The van der Waals surface area contributed by atoms with Gasteiger partial charge in [-0.3, -0.25) is 0 Å². The molecule has 2 rings (SSSR count). The van der Waals surface area contributed by atoms with Crippen LogP contribution in [-0.2, 0) is 4.74 Å². The van der Waals surface area contributed by atoms with E-state index in [4.69, 9.17) is 4.74 Å². The van der Waals surface area contributed by atoms with Gasteiger partial charge in [0.15, 0.2) is 0 Å². The first-order chi connectivity index (χ1) is 5.13. The van der Waals surface area contributed by atoms with E-state index in [9.17, 15) is 0 Å². The molecule has 4 unspecified atom stereocenters. The standard InChI is InChI=1S/C10H18O/c1-5-6(2)8(4)10-9(11-10)7(5)3/h5-10H,1-4H3/t5?,6?,7?,8?,9-,10-/m1/s1. The van der Waals surface area contributed by atoms with Crippen LogP contribution in [0.25, 0.3) is 0 Å². The molecule has 0 aromatic rings. The van der Waals surface area contributed by atoms with Crippen molar-refractivity contribution in [2.75, 3.05) is 0 Å². The highest BCUT2D eigenvalue weighted by Crippen LogP contribution is 2.49. The monoisotopic (exact) mass is 154 g/mol. The molecule has 1 aliphatic heterocycles. The smallest absolute Gasteiger partial charge is 0.0872 e. The van der Waals surface area contributed by atoms with E-state index in [0.717, 1.165) is 23.7 Å². The van der Waals surface area contributed by atoms with E-state index in [2.05, 4.69) is 27.7 Å². The Bertz CT molecular complexity index is 148. The maximum absolute atomic E-state index is 5.64. The summed E-state index contributed by atoms with van der Waals surface area (Å²) in [6, 6.07) is 0. The Morgan fingerprint density at radius 2 is 1.00 bits per heavy atom. The van der Waals surface area contributed by atoms with Crippen molar-refractivity contribution in [3.8, 4) is 0 Å². The molecule has 0 spiro atoms. The van der Waals surface area contributed by atoms with Crippen LogP contribution in [0.1, 0.15) is 27.7 Å². The molecule has 0 radical (unpaired) electrons. The summed E-state index contributed by atoms with van der Waals surface area (Å²) < 4.78 is 5.64. The molecular weight excluding hydrogens is 136 g/mol. The fourth-order valence-corrected chi connectivity index (χ4v) is 2.54. The number of rotatable bonds is 0. The molecule has 2 aliphatic rings. The average molecular weight is 154 g/mol. The van der Waals surface area contributed by atoms with Gasteiger partial charge in [0.05, 0.1) is 12.2 Å². The molecule has 0 N–H and O–H groups in total. The lowest BCUT2D eigenvalue weighted by Gasteiger charge is -2.33. The van der Waals surface area contributed by atoms with Crippen LogP contribution in [0, 0.1) is 23.7 Å². The highest BCUT2D eigenvalue weighted by Gasteiger charge is 2.54. The average Bonchev–Trinajstić information content (AvgIpc) is 2.76. The predicted octanol–water partition coefficient (Wildman–Crippen LogP) is 2.31. The summed E-state index contributed by atoms with van der Waals surface area (Å²) in [5, 5.41) is 0.